The van der Waals surface area contributed by atoms with E-state index in [1.807, 2.05) is 24.3 Å². The van der Waals surface area contributed by atoms with Crippen LogP contribution in [0.4, 0.5) is 5.13 Å². The molecule has 1 aromatic heterocycles. The Morgan fingerprint density at radius 1 is 1.39 bits per heavy atom. The van der Waals surface area contributed by atoms with E-state index in [2.05, 4.69) is 15.2 Å². The average Bonchev–Trinajstić information content (AvgIpc) is 2.95. The van der Waals surface area contributed by atoms with Gasteiger partial charge in [0.1, 0.15) is 0 Å². The minimum Gasteiger partial charge on any atom is -0.379 e. The average molecular weight is 352 g/mol. The molecule has 1 aromatic carbocycles. The SMILES string of the molecule is O=C(CN1CCOCC1)Nc1ncc(Cc2cccc(Cl)c2)s1. The lowest BCUT2D eigenvalue weighted by Gasteiger charge is -2.25. The van der Waals surface area contributed by atoms with Gasteiger partial charge in [0.05, 0.1) is 19.8 Å². The van der Waals surface area contributed by atoms with Gasteiger partial charge in [0, 0.05) is 35.6 Å². The number of benzene rings is 1. The number of nitrogens with one attached hydrogen (secondary N) is 1. The summed E-state index contributed by atoms with van der Waals surface area (Å²) in [6.07, 6.45) is 2.56. The summed E-state index contributed by atoms with van der Waals surface area (Å²) in [5, 5.41) is 4.23. The van der Waals surface area contributed by atoms with Crippen LogP contribution in [-0.4, -0.2) is 48.6 Å². The van der Waals surface area contributed by atoms with E-state index in [4.69, 9.17) is 16.3 Å². The molecule has 2 aromatic rings. The van der Waals surface area contributed by atoms with Crippen LogP contribution in [0.25, 0.3) is 0 Å². The maximum Gasteiger partial charge on any atom is 0.240 e. The van der Waals surface area contributed by atoms with E-state index >= 15 is 0 Å². The van der Waals surface area contributed by atoms with Crippen LogP contribution >= 0.6 is 22.9 Å². The fourth-order valence-electron chi connectivity index (χ4n) is 2.42. The first-order valence-corrected chi connectivity index (χ1v) is 8.67. The van der Waals surface area contributed by atoms with E-state index in [0.29, 0.717) is 24.9 Å². The van der Waals surface area contributed by atoms with Gasteiger partial charge < -0.3 is 10.1 Å². The molecular weight excluding hydrogens is 334 g/mol. The van der Waals surface area contributed by atoms with E-state index < -0.39 is 0 Å². The fourth-order valence-corrected chi connectivity index (χ4v) is 3.49. The van der Waals surface area contributed by atoms with Gasteiger partial charge in [-0.25, -0.2) is 4.98 Å². The zero-order valence-electron chi connectivity index (χ0n) is 12.6. The lowest BCUT2D eigenvalue weighted by atomic mass is 10.1. The molecule has 1 N–H and O–H groups in total. The molecule has 1 aliphatic heterocycles. The number of amides is 1. The Kier molecular flexibility index (Phi) is 5.61. The summed E-state index contributed by atoms with van der Waals surface area (Å²) >= 11 is 7.49. The number of morpholine rings is 1. The molecule has 0 unspecified atom stereocenters. The molecule has 7 heteroatoms. The topological polar surface area (TPSA) is 54.5 Å². The quantitative estimate of drug-likeness (QED) is 0.899. The Bertz CT molecular complexity index is 671. The first-order chi connectivity index (χ1) is 11.2. The number of carbonyl (C=O) groups excluding carboxylic acids is 1. The number of nitrogens with zero attached hydrogens (tertiary/aromatic N) is 2. The van der Waals surface area contributed by atoms with Crippen LogP contribution in [0, 0.1) is 0 Å². The van der Waals surface area contributed by atoms with Crippen molar-refractivity contribution in [3.63, 3.8) is 0 Å². The van der Waals surface area contributed by atoms with Gasteiger partial charge >= 0.3 is 0 Å². The van der Waals surface area contributed by atoms with Gasteiger partial charge in [0.2, 0.25) is 5.91 Å². The van der Waals surface area contributed by atoms with Crippen LogP contribution in [0.1, 0.15) is 10.4 Å². The number of aromatic nitrogens is 1. The molecule has 1 fully saturated rings. The number of anilines is 1. The number of carbonyl (C=O) groups is 1. The van der Waals surface area contributed by atoms with Gasteiger partial charge in [-0.2, -0.15) is 0 Å². The molecule has 0 spiro atoms. The van der Waals surface area contributed by atoms with E-state index in [1.54, 1.807) is 6.20 Å². The molecule has 1 saturated heterocycles. The van der Waals surface area contributed by atoms with Gasteiger partial charge in [-0.05, 0) is 17.7 Å². The van der Waals surface area contributed by atoms with Crippen molar-refractivity contribution in [3.8, 4) is 0 Å². The minimum absolute atomic E-state index is 0.0319. The Morgan fingerprint density at radius 2 is 2.22 bits per heavy atom. The Labute approximate surface area is 144 Å². The molecule has 122 valence electrons. The molecular formula is C16H18ClN3O2S. The second kappa shape index (κ2) is 7.88. The van der Waals surface area contributed by atoms with E-state index in [0.717, 1.165) is 35.0 Å². The van der Waals surface area contributed by atoms with E-state index in [9.17, 15) is 4.79 Å². The number of ether oxygens (including phenoxy) is 1. The zero-order valence-corrected chi connectivity index (χ0v) is 14.2. The highest BCUT2D eigenvalue weighted by Gasteiger charge is 2.15. The highest BCUT2D eigenvalue weighted by atomic mass is 35.5. The maximum absolute atomic E-state index is 12.0. The van der Waals surface area contributed by atoms with Crippen LogP contribution in [0.3, 0.4) is 0 Å². The third-order valence-electron chi connectivity index (χ3n) is 3.54. The number of thiazole rings is 1. The van der Waals surface area contributed by atoms with Crippen LogP contribution in [0.15, 0.2) is 30.5 Å². The molecule has 3 rings (SSSR count). The second-order valence-electron chi connectivity index (χ2n) is 5.38. The largest absolute Gasteiger partial charge is 0.379 e. The molecule has 0 bridgehead atoms. The van der Waals surface area contributed by atoms with Gasteiger partial charge in [-0.1, -0.05) is 23.7 Å². The van der Waals surface area contributed by atoms with Gasteiger partial charge in [0.25, 0.3) is 0 Å². The fraction of sp³-hybridized carbons (Fsp3) is 0.375. The highest BCUT2D eigenvalue weighted by Crippen LogP contribution is 2.22. The lowest BCUT2D eigenvalue weighted by Crippen LogP contribution is -2.41. The minimum atomic E-state index is -0.0319. The molecule has 0 atom stereocenters. The summed E-state index contributed by atoms with van der Waals surface area (Å²) in [6.45, 7) is 3.35. The molecule has 5 nitrogen and oxygen atoms in total. The number of rotatable bonds is 5. The van der Waals surface area contributed by atoms with Crippen molar-refractivity contribution < 1.29 is 9.53 Å². The van der Waals surface area contributed by atoms with Crippen molar-refractivity contribution in [1.29, 1.82) is 0 Å². The Hall–Kier alpha value is -1.47. The van der Waals surface area contributed by atoms with Gasteiger partial charge in [0.15, 0.2) is 5.13 Å². The number of hydrogen-bond acceptors (Lipinski definition) is 5. The van der Waals surface area contributed by atoms with Crippen molar-refractivity contribution in [2.24, 2.45) is 0 Å². The summed E-state index contributed by atoms with van der Waals surface area (Å²) in [6, 6.07) is 7.76. The normalized spacial score (nSPS) is 15.5. The monoisotopic (exact) mass is 351 g/mol. The Balaban J connectivity index is 1.53. The molecule has 0 saturated carbocycles. The Morgan fingerprint density at radius 3 is 3.00 bits per heavy atom. The van der Waals surface area contributed by atoms with E-state index in [1.165, 1.54) is 11.3 Å². The predicted molar refractivity (Wildman–Crippen MR) is 92.3 cm³/mol. The first kappa shape index (κ1) is 16.4. The summed E-state index contributed by atoms with van der Waals surface area (Å²) in [7, 11) is 0. The van der Waals surface area contributed by atoms with Crippen LogP contribution in [-0.2, 0) is 16.0 Å². The molecule has 0 aliphatic carbocycles. The third-order valence-corrected chi connectivity index (χ3v) is 4.69. The molecule has 2 heterocycles. The van der Waals surface area contributed by atoms with Crippen molar-refractivity contribution >= 4 is 34.0 Å². The van der Waals surface area contributed by atoms with Gasteiger partial charge in [-0.3, -0.25) is 9.69 Å². The highest BCUT2D eigenvalue weighted by molar-refractivity contribution is 7.15. The molecule has 0 radical (unpaired) electrons. The molecule has 1 aliphatic rings. The summed E-state index contributed by atoms with van der Waals surface area (Å²) in [5.41, 5.74) is 1.13. The van der Waals surface area contributed by atoms with Crippen molar-refractivity contribution in [2.45, 2.75) is 6.42 Å². The van der Waals surface area contributed by atoms with Crippen LogP contribution < -0.4 is 5.32 Å². The smallest absolute Gasteiger partial charge is 0.240 e. The standard InChI is InChI=1S/C16H18ClN3O2S/c17-13-3-1-2-12(8-13)9-14-10-18-16(23-14)19-15(21)11-20-4-6-22-7-5-20/h1-3,8,10H,4-7,9,11H2,(H,18,19,21). The summed E-state index contributed by atoms with van der Waals surface area (Å²) < 4.78 is 5.27. The van der Waals surface area contributed by atoms with Gasteiger partial charge in [-0.15, -0.1) is 11.3 Å². The summed E-state index contributed by atoms with van der Waals surface area (Å²) in [5.74, 6) is -0.0319. The maximum atomic E-state index is 12.0. The number of hydrogen-bond donors (Lipinski definition) is 1. The third kappa shape index (κ3) is 5.00. The summed E-state index contributed by atoms with van der Waals surface area (Å²) in [4.78, 5) is 19.5. The zero-order chi connectivity index (χ0) is 16.1. The van der Waals surface area contributed by atoms with Crippen molar-refractivity contribution in [3.05, 3.63) is 45.9 Å². The molecule has 1 amide bonds. The van der Waals surface area contributed by atoms with Crippen LogP contribution in [0.2, 0.25) is 5.02 Å². The van der Waals surface area contributed by atoms with Crippen molar-refractivity contribution in [1.82, 2.24) is 9.88 Å². The lowest BCUT2D eigenvalue weighted by molar-refractivity contribution is -0.118. The second-order valence-corrected chi connectivity index (χ2v) is 6.93. The van der Waals surface area contributed by atoms with E-state index in [-0.39, 0.29) is 5.91 Å². The van der Waals surface area contributed by atoms with Crippen LogP contribution in [0.5, 0.6) is 0 Å². The van der Waals surface area contributed by atoms with Crippen molar-refractivity contribution in [2.75, 3.05) is 38.2 Å². The number of halogens is 1. The molecule has 23 heavy (non-hydrogen) atoms. The predicted octanol–water partition coefficient (Wildman–Crippen LogP) is 2.66. The first-order valence-electron chi connectivity index (χ1n) is 7.48.